The van der Waals surface area contributed by atoms with Crippen LogP contribution >= 0.6 is 0 Å². The van der Waals surface area contributed by atoms with E-state index in [4.69, 9.17) is 4.74 Å². The first-order valence-electron chi connectivity index (χ1n) is 6.73. The van der Waals surface area contributed by atoms with E-state index in [9.17, 15) is 4.79 Å². The third kappa shape index (κ3) is 3.75. The number of methoxy groups -OCH3 is 2. The largest absolute Gasteiger partial charge is 0.497 e. The summed E-state index contributed by atoms with van der Waals surface area (Å²) in [5.41, 5.74) is 3.10. The van der Waals surface area contributed by atoms with Gasteiger partial charge in [-0.05, 0) is 42.3 Å². The van der Waals surface area contributed by atoms with Crippen LogP contribution in [0.5, 0.6) is 5.75 Å². The zero-order chi connectivity index (χ0) is 15.2. The number of rotatable bonds is 5. The highest BCUT2D eigenvalue weighted by molar-refractivity contribution is 5.79. The summed E-state index contributed by atoms with van der Waals surface area (Å²) in [6, 6.07) is 15.4. The molecule has 4 nitrogen and oxygen atoms in total. The lowest BCUT2D eigenvalue weighted by atomic mass is 10.1. The average molecular weight is 285 g/mol. The van der Waals surface area contributed by atoms with Gasteiger partial charge in [-0.25, -0.2) is 4.79 Å². The van der Waals surface area contributed by atoms with E-state index in [0.717, 1.165) is 22.6 Å². The van der Waals surface area contributed by atoms with Gasteiger partial charge in [0.15, 0.2) is 0 Å². The molecule has 110 valence electrons. The molecule has 0 aliphatic heterocycles. The van der Waals surface area contributed by atoms with E-state index in [1.54, 1.807) is 14.0 Å². The molecule has 2 rings (SSSR count). The average Bonchev–Trinajstić information content (AvgIpc) is 2.55. The van der Waals surface area contributed by atoms with Crippen molar-refractivity contribution in [2.75, 3.05) is 19.5 Å². The summed E-state index contributed by atoms with van der Waals surface area (Å²) in [5.74, 6) is 0.554. The minimum atomic E-state index is -0.373. The summed E-state index contributed by atoms with van der Waals surface area (Å²) in [7, 11) is 3.03. The number of carbonyl (C=O) groups is 1. The summed E-state index contributed by atoms with van der Waals surface area (Å²) in [4.78, 5) is 11.4. The van der Waals surface area contributed by atoms with Gasteiger partial charge in [0, 0.05) is 5.69 Å². The minimum absolute atomic E-state index is 0.283. The predicted octanol–water partition coefficient (Wildman–Crippen LogP) is 3.34. The molecule has 4 heteroatoms. The molecule has 0 amide bonds. The summed E-state index contributed by atoms with van der Waals surface area (Å²) in [6.07, 6.45) is 0. The van der Waals surface area contributed by atoms with Gasteiger partial charge < -0.3 is 14.8 Å². The molecule has 2 aromatic rings. The van der Waals surface area contributed by atoms with Crippen LogP contribution < -0.4 is 10.1 Å². The quantitative estimate of drug-likeness (QED) is 0.856. The summed E-state index contributed by atoms with van der Waals surface area (Å²) < 4.78 is 9.83. The molecule has 0 bridgehead atoms. The molecule has 0 saturated heterocycles. The minimum Gasteiger partial charge on any atom is -0.497 e. The van der Waals surface area contributed by atoms with Crippen molar-refractivity contribution in [3.8, 4) is 16.9 Å². The van der Waals surface area contributed by atoms with Crippen LogP contribution in [0.1, 0.15) is 6.92 Å². The van der Waals surface area contributed by atoms with Gasteiger partial charge in [-0.3, -0.25) is 0 Å². The highest BCUT2D eigenvalue weighted by Gasteiger charge is 2.12. The molecular weight excluding hydrogens is 266 g/mol. The first kappa shape index (κ1) is 14.9. The zero-order valence-corrected chi connectivity index (χ0v) is 12.4. The molecule has 0 aliphatic carbocycles. The monoisotopic (exact) mass is 285 g/mol. The van der Waals surface area contributed by atoms with Gasteiger partial charge in [0.2, 0.25) is 0 Å². The maximum absolute atomic E-state index is 11.4. The van der Waals surface area contributed by atoms with Crippen molar-refractivity contribution >= 4 is 11.7 Å². The molecule has 0 unspecified atom stereocenters. The first-order chi connectivity index (χ1) is 10.1. The maximum Gasteiger partial charge on any atom is 0.327 e. The van der Waals surface area contributed by atoms with Crippen molar-refractivity contribution < 1.29 is 14.3 Å². The van der Waals surface area contributed by atoms with Crippen LogP contribution in [0.2, 0.25) is 0 Å². The fourth-order valence-electron chi connectivity index (χ4n) is 2.03. The van der Waals surface area contributed by atoms with E-state index >= 15 is 0 Å². The van der Waals surface area contributed by atoms with E-state index in [0.29, 0.717) is 0 Å². The Labute approximate surface area is 124 Å². The Bertz CT molecular complexity index is 590. The molecule has 0 heterocycles. The number of hydrogen-bond acceptors (Lipinski definition) is 4. The molecular formula is C17H19NO3. The number of benzene rings is 2. The van der Waals surface area contributed by atoms with E-state index in [2.05, 4.69) is 10.1 Å². The van der Waals surface area contributed by atoms with Crippen LogP contribution in [0, 0.1) is 0 Å². The SMILES string of the molecule is COC(=O)[C@H](C)Nc1ccc(-c2ccc(OC)cc2)cc1. The van der Waals surface area contributed by atoms with E-state index < -0.39 is 0 Å². The number of ether oxygens (including phenoxy) is 2. The van der Waals surface area contributed by atoms with Crippen LogP contribution in [-0.2, 0) is 9.53 Å². The Balaban J connectivity index is 2.09. The molecule has 0 radical (unpaired) electrons. The molecule has 0 aliphatic rings. The Morgan fingerprint density at radius 1 is 0.952 bits per heavy atom. The fraction of sp³-hybridized carbons (Fsp3) is 0.235. The van der Waals surface area contributed by atoms with Gasteiger partial charge in [0.25, 0.3) is 0 Å². The third-order valence-electron chi connectivity index (χ3n) is 3.25. The normalized spacial score (nSPS) is 11.6. The van der Waals surface area contributed by atoms with Crippen molar-refractivity contribution in [3.05, 3.63) is 48.5 Å². The summed E-state index contributed by atoms with van der Waals surface area (Å²) in [5, 5.41) is 3.09. The number of anilines is 1. The Kier molecular flexibility index (Phi) is 4.82. The Hall–Kier alpha value is -2.49. The first-order valence-corrected chi connectivity index (χ1v) is 6.73. The van der Waals surface area contributed by atoms with Gasteiger partial charge in [-0.15, -0.1) is 0 Å². The smallest absolute Gasteiger partial charge is 0.327 e. The molecule has 1 N–H and O–H groups in total. The lowest BCUT2D eigenvalue weighted by Crippen LogP contribution is -2.27. The number of nitrogens with one attached hydrogen (secondary N) is 1. The van der Waals surface area contributed by atoms with Crippen LogP contribution in [-0.4, -0.2) is 26.2 Å². The van der Waals surface area contributed by atoms with Gasteiger partial charge >= 0.3 is 5.97 Å². The van der Waals surface area contributed by atoms with E-state index in [-0.39, 0.29) is 12.0 Å². The number of esters is 1. The highest BCUT2D eigenvalue weighted by atomic mass is 16.5. The number of hydrogen-bond donors (Lipinski definition) is 1. The Morgan fingerprint density at radius 3 is 1.95 bits per heavy atom. The fourth-order valence-corrected chi connectivity index (χ4v) is 2.03. The summed E-state index contributed by atoms with van der Waals surface area (Å²) >= 11 is 0. The van der Waals surface area contributed by atoms with E-state index in [1.165, 1.54) is 7.11 Å². The second kappa shape index (κ2) is 6.79. The van der Waals surface area contributed by atoms with Crippen LogP contribution in [0.4, 0.5) is 5.69 Å². The predicted molar refractivity (Wildman–Crippen MR) is 83.5 cm³/mol. The molecule has 0 aromatic heterocycles. The van der Waals surface area contributed by atoms with Crippen LogP contribution in [0.15, 0.2) is 48.5 Å². The standard InChI is InChI=1S/C17H19NO3/c1-12(17(19)21-3)18-15-8-4-13(5-9-15)14-6-10-16(20-2)11-7-14/h4-12,18H,1-3H3/t12-/m0/s1. The third-order valence-corrected chi connectivity index (χ3v) is 3.25. The second-order valence-electron chi connectivity index (χ2n) is 4.70. The topological polar surface area (TPSA) is 47.6 Å². The van der Waals surface area contributed by atoms with Gasteiger partial charge in [-0.1, -0.05) is 24.3 Å². The van der Waals surface area contributed by atoms with Crippen molar-refractivity contribution in [1.29, 1.82) is 0 Å². The molecule has 0 fully saturated rings. The molecule has 0 saturated carbocycles. The number of carbonyl (C=O) groups excluding carboxylic acids is 1. The lowest BCUT2D eigenvalue weighted by Gasteiger charge is -2.13. The second-order valence-corrected chi connectivity index (χ2v) is 4.70. The molecule has 0 spiro atoms. The zero-order valence-electron chi connectivity index (χ0n) is 12.4. The Morgan fingerprint density at radius 2 is 1.48 bits per heavy atom. The van der Waals surface area contributed by atoms with Crippen molar-refractivity contribution in [2.45, 2.75) is 13.0 Å². The van der Waals surface area contributed by atoms with Crippen LogP contribution in [0.3, 0.4) is 0 Å². The van der Waals surface area contributed by atoms with Gasteiger partial charge in [-0.2, -0.15) is 0 Å². The van der Waals surface area contributed by atoms with Crippen molar-refractivity contribution in [1.82, 2.24) is 0 Å². The molecule has 1 atom stereocenters. The molecule has 2 aromatic carbocycles. The van der Waals surface area contributed by atoms with Crippen molar-refractivity contribution in [2.24, 2.45) is 0 Å². The van der Waals surface area contributed by atoms with Gasteiger partial charge in [0.05, 0.1) is 14.2 Å². The van der Waals surface area contributed by atoms with E-state index in [1.807, 2.05) is 48.5 Å². The lowest BCUT2D eigenvalue weighted by molar-refractivity contribution is -0.141. The van der Waals surface area contributed by atoms with Crippen molar-refractivity contribution in [3.63, 3.8) is 0 Å². The van der Waals surface area contributed by atoms with Crippen LogP contribution in [0.25, 0.3) is 11.1 Å². The maximum atomic E-state index is 11.4. The summed E-state index contributed by atoms with van der Waals surface area (Å²) in [6.45, 7) is 1.77. The molecule has 21 heavy (non-hydrogen) atoms. The van der Waals surface area contributed by atoms with Gasteiger partial charge in [0.1, 0.15) is 11.8 Å². The highest BCUT2D eigenvalue weighted by Crippen LogP contribution is 2.24.